The van der Waals surface area contributed by atoms with Gasteiger partial charge >= 0.3 is 0 Å². The van der Waals surface area contributed by atoms with Crippen molar-refractivity contribution >= 4 is 33.2 Å². The van der Waals surface area contributed by atoms with Gasteiger partial charge in [-0.15, -0.1) is 11.3 Å². The van der Waals surface area contributed by atoms with E-state index in [2.05, 4.69) is 21.2 Å². The molecule has 0 aliphatic heterocycles. The van der Waals surface area contributed by atoms with Crippen LogP contribution < -0.4 is 5.32 Å². The lowest BCUT2D eigenvalue weighted by Crippen LogP contribution is -2.27. The molecule has 1 amide bonds. The summed E-state index contributed by atoms with van der Waals surface area (Å²) in [7, 11) is 0. The van der Waals surface area contributed by atoms with Crippen LogP contribution in [0.3, 0.4) is 0 Å². The Bertz CT molecular complexity index is 570. The van der Waals surface area contributed by atoms with E-state index in [4.69, 9.17) is 0 Å². The molecule has 0 bridgehead atoms. The van der Waals surface area contributed by atoms with E-state index >= 15 is 0 Å². The van der Waals surface area contributed by atoms with E-state index in [9.17, 15) is 14.3 Å². The largest absolute Gasteiger partial charge is 0.387 e. The van der Waals surface area contributed by atoms with Crippen LogP contribution in [0.5, 0.6) is 0 Å². The van der Waals surface area contributed by atoms with E-state index in [1.54, 1.807) is 12.1 Å². The first-order valence-corrected chi connectivity index (χ1v) is 7.14. The summed E-state index contributed by atoms with van der Waals surface area (Å²) in [6, 6.07) is 9.03. The van der Waals surface area contributed by atoms with Gasteiger partial charge in [-0.05, 0) is 45.8 Å². The number of halogens is 2. The number of hydrogen-bond acceptors (Lipinski definition) is 3. The second kappa shape index (κ2) is 6.27. The maximum absolute atomic E-state index is 12.7. The van der Waals surface area contributed by atoms with E-state index < -0.39 is 6.10 Å². The second-order valence-corrected chi connectivity index (χ2v) is 6.34. The highest BCUT2D eigenvalue weighted by Gasteiger charge is 2.12. The Hall–Kier alpha value is -1.24. The molecule has 0 saturated carbocycles. The monoisotopic (exact) mass is 343 g/mol. The number of carbonyl (C=O) groups excluding carboxylic acids is 1. The molecule has 100 valence electrons. The number of nitrogens with one attached hydrogen (secondary N) is 1. The number of hydrogen-bond donors (Lipinski definition) is 2. The zero-order chi connectivity index (χ0) is 13.8. The van der Waals surface area contributed by atoms with E-state index in [1.807, 2.05) is 0 Å². The maximum Gasteiger partial charge on any atom is 0.261 e. The van der Waals surface area contributed by atoms with Gasteiger partial charge in [0.25, 0.3) is 5.91 Å². The van der Waals surface area contributed by atoms with E-state index in [1.165, 1.54) is 35.6 Å². The number of rotatable bonds is 4. The fourth-order valence-corrected chi connectivity index (χ4v) is 2.82. The van der Waals surface area contributed by atoms with Crippen molar-refractivity contribution in [3.05, 3.63) is 56.4 Å². The van der Waals surface area contributed by atoms with Crippen LogP contribution in [0.15, 0.2) is 40.2 Å². The first kappa shape index (κ1) is 14.2. The van der Waals surface area contributed by atoms with E-state index in [0.29, 0.717) is 10.4 Å². The molecule has 0 fully saturated rings. The normalized spacial score (nSPS) is 12.2. The van der Waals surface area contributed by atoms with Crippen LogP contribution in [0, 0.1) is 5.82 Å². The van der Waals surface area contributed by atoms with Crippen LogP contribution in [0.2, 0.25) is 0 Å². The molecule has 0 aliphatic rings. The Morgan fingerprint density at radius 3 is 2.58 bits per heavy atom. The second-order valence-electron chi connectivity index (χ2n) is 3.88. The van der Waals surface area contributed by atoms with Gasteiger partial charge in [0.05, 0.1) is 14.8 Å². The van der Waals surface area contributed by atoms with Gasteiger partial charge in [0.1, 0.15) is 5.82 Å². The molecule has 1 aromatic heterocycles. The first-order valence-electron chi connectivity index (χ1n) is 5.53. The van der Waals surface area contributed by atoms with Gasteiger partial charge in [0.2, 0.25) is 0 Å². The summed E-state index contributed by atoms with van der Waals surface area (Å²) >= 11 is 4.60. The molecule has 0 saturated heterocycles. The fourth-order valence-electron chi connectivity index (χ4n) is 1.52. The SMILES string of the molecule is O=C(NCC(O)c1ccc(F)cc1)c1ccc(Br)s1. The zero-order valence-corrected chi connectivity index (χ0v) is 12.2. The quantitative estimate of drug-likeness (QED) is 0.895. The maximum atomic E-state index is 12.7. The molecule has 2 N–H and O–H groups in total. The van der Waals surface area contributed by atoms with Crippen molar-refractivity contribution in [1.82, 2.24) is 5.32 Å². The Morgan fingerprint density at radius 1 is 1.32 bits per heavy atom. The highest BCUT2D eigenvalue weighted by Crippen LogP contribution is 2.22. The van der Waals surface area contributed by atoms with Gasteiger partial charge in [-0.25, -0.2) is 4.39 Å². The third-order valence-corrected chi connectivity index (χ3v) is 4.13. The van der Waals surface area contributed by atoms with Crippen LogP contribution in [-0.4, -0.2) is 17.6 Å². The standard InChI is InChI=1S/C13H11BrFNO2S/c14-12-6-5-11(19-12)13(18)16-7-10(17)8-1-3-9(15)4-2-8/h1-6,10,17H,7H2,(H,16,18). The lowest BCUT2D eigenvalue weighted by atomic mass is 10.1. The molecule has 1 unspecified atom stereocenters. The van der Waals surface area contributed by atoms with Crippen molar-refractivity contribution in [1.29, 1.82) is 0 Å². The summed E-state index contributed by atoms with van der Waals surface area (Å²) in [5, 5.41) is 12.5. The summed E-state index contributed by atoms with van der Waals surface area (Å²) in [6.45, 7) is 0.0833. The molecule has 1 atom stereocenters. The molecule has 19 heavy (non-hydrogen) atoms. The lowest BCUT2D eigenvalue weighted by molar-refractivity contribution is 0.0920. The summed E-state index contributed by atoms with van der Waals surface area (Å²) in [5.74, 6) is -0.597. The number of carbonyl (C=O) groups is 1. The molecule has 2 aromatic rings. The first-order chi connectivity index (χ1) is 9.06. The predicted octanol–water partition coefficient (Wildman–Crippen LogP) is 3.11. The van der Waals surface area contributed by atoms with Crippen molar-refractivity contribution in [3.63, 3.8) is 0 Å². The molecule has 0 radical (unpaired) electrons. The van der Waals surface area contributed by atoms with E-state index in [0.717, 1.165) is 3.79 Å². The van der Waals surface area contributed by atoms with Gasteiger partial charge in [-0.1, -0.05) is 12.1 Å². The minimum atomic E-state index is -0.854. The number of aliphatic hydroxyl groups excluding tert-OH is 1. The summed E-state index contributed by atoms with van der Waals surface area (Å²) in [5.41, 5.74) is 0.564. The smallest absolute Gasteiger partial charge is 0.261 e. The molecule has 3 nitrogen and oxygen atoms in total. The molecule has 6 heteroatoms. The average molecular weight is 344 g/mol. The fraction of sp³-hybridized carbons (Fsp3) is 0.154. The number of aliphatic hydroxyl groups is 1. The summed E-state index contributed by atoms with van der Waals surface area (Å²) < 4.78 is 13.6. The highest BCUT2D eigenvalue weighted by molar-refractivity contribution is 9.11. The third kappa shape index (κ3) is 3.86. The van der Waals surface area contributed by atoms with E-state index in [-0.39, 0.29) is 18.3 Å². The topological polar surface area (TPSA) is 49.3 Å². The molecule has 1 heterocycles. The number of benzene rings is 1. The van der Waals surface area contributed by atoms with Crippen LogP contribution >= 0.6 is 27.3 Å². The molecule has 1 aromatic carbocycles. The minimum absolute atomic E-state index is 0.0833. The third-order valence-electron chi connectivity index (χ3n) is 2.51. The van der Waals surface area contributed by atoms with Crippen molar-refractivity contribution in [3.8, 4) is 0 Å². The van der Waals surface area contributed by atoms with Crippen LogP contribution in [0.25, 0.3) is 0 Å². The summed E-state index contributed by atoms with van der Waals surface area (Å²) in [6.07, 6.45) is -0.854. The van der Waals surface area contributed by atoms with Gasteiger partial charge < -0.3 is 10.4 Å². The van der Waals surface area contributed by atoms with Crippen molar-refractivity contribution in [2.75, 3.05) is 6.54 Å². The Kier molecular flexibility index (Phi) is 4.68. The van der Waals surface area contributed by atoms with Crippen LogP contribution in [-0.2, 0) is 0 Å². The molecule has 2 rings (SSSR count). The van der Waals surface area contributed by atoms with Gasteiger partial charge in [0.15, 0.2) is 0 Å². The van der Waals surface area contributed by atoms with Crippen LogP contribution in [0.1, 0.15) is 21.3 Å². The number of amides is 1. The number of thiophene rings is 1. The lowest BCUT2D eigenvalue weighted by Gasteiger charge is -2.11. The average Bonchev–Trinajstić information content (AvgIpc) is 2.83. The molecular formula is C13H11BrFNO2S. The zero-order valence-electron chi connectivity index (χ0n) is 9.77. The van der Waals surface area contributed by atoms with Crippen molar-refractivity contribution < 1.29 is 14.3 Å². The predicted molar refractivity (Wildman–Crippen MR) is 75.7 cm³/mol. The molecule has 0 aliphatic carbocycles. The van der Waals surface area contributed by atoms with Crippen LogP contribution in [0.4, 0.5) is 4.39 Å². The van der Waals surface area contributed by atoms with Gasteiger partial charge in [-0.2, -0.15) is 0 Å². The Balaban J connectivity index is 1.91. The van der Waals surface area contributed by atoms with Gasteiger partial charge in [-0.3, -0.25) is 4.79 Å². The van der Waals surface area contributed by atoms with Crippen molar-refractivity contribution in [2.24, 2.45) is 0 Å². The van der Waals surface area contributed by atoms with Crippen molar-refractivity contribution in [2.45, 2.75) is 6.10 Å². The molecular weight excluding hydrogens is 333 g/mol. The highest BCUT2D eigenvalue weighted by atomic mass is 79.9. The minimum Gasteiger partial charge on any atom is -0.387 e. The molecule has 0 spiro atoms. The Morgan fingerprint density at radius 2 is 2.00 bits per heavy atom. The summed E-state index contributed by atoms with van der Waals surface area (Å²) in [4.78, 5) is 12.3. The van der Waals surface area contributed by atoms with Gasteiger partial charge in [0, 0.05) is 6.54 Å². The Labute approximate surface area is 122 Å².